The van der Waals surface area contributed by atoms with Crippen molar-refractivity contribution < 1.29 is 23.5 Å². The number of fused-ring (bicyclic) bond motifs is 1. The maximum absolute atomic E-state index is 15.4. The standard InChI is InChI=1S/C25H31FN6O4/c1-16-13-32(20-12-29-19(10-27)21-18(20)6-5-8-28-21)14-17(35-16)11-30-22(33)25(26)7-9-31(15-25)23(34)36-24(2,3)4/h5-6,8,12,16-17H,7,9,11,13-15H2,1-4H3,(H,30,33). The Kier molecular flexibility index (Phi) is 7.00. The molecule has 2 fully saturated rings. The molecule has 1 N–H and O–H groups in total. The molecule has 0 bridgehead atoms. The van der Waals surface area contributed by atoms with E-state index in [1.54, 1.807) is 39.2 Å². The summed E-state index contributed by atoms with van der Waals surface area (Å²) in [7, 11) is 0. The smallest absolute Gasteiger partial charge is 0.410 e. The molecule has 2 aliphatic rings. The van der Waals surface area contributed by atoms with Crippen LogP contribution in [-0.4, -0.2) is 83.1 Å². The number of nitrogens with one attached hydrogen (secondary N) is 1. The fourth-order valence-corrected chi connectivity index (χ4v) is 4.55. The molecule has 0 radical (unpaired) electrons. The number of morpholine rings is 1. The SMILES string of the molecule is CC1CN(c2cnc(C#N)c3ncccc23)CC(CNC(=O)C2(F)CCN(C(=O)OC(C)(C)C)C2)O1. The van der Waals surface area contributed by atoms with E-state index in [0.717, 1.165) is 11.1 Å². The molecule has 0 aliphatic carbocycles. The maximum atomic E-state index is 15.4. The van der Waals surface area contributed by atoms with Crippen LogP contribution >= 0.6 is 0 Å². The van der Waals surface area contributed by atoms with Crippen molar-refractivity contribution in [3.05, 3.63) is 30.2 Å². The topological polar surface area (TPSA) is 121 Å². The van der Waals surface area contributed by atoms with Gasteiger partial charge in [-0.2, -0.15) is 5.26 Å². The Labute approximate surface area is 209 Å². The summed E-state index contributed by atoms with van der Waals surface area (Å²) in [4.78, 5) is 36.9. The number of hydrogen-bond acceptors (Lipinski definition) is 8. The Morgan fingerprint density at radius 3 is 2.86 bits per heavy atom. The van der Waals surface area contributed by atoms with Gasteiger partial charge in [0.05, 0.1) is 30.6 Å². The van der Waals surface area contributed by atoms with Gasteiger partial charge in [0, 0.05) is 44.2 Å². The number of likely N-dealkylation sites (tertiary alicyclic amines) is 1. The van der Waals surface area contributed by atoms with E-state index in [-0.39, 0.29) is 37.9 Å². The molecule has 36 heavy (non-hydrogen) atoms. The molecule has 4 rings (SSSR count). The second-order valence-corrected chi connectivity index (χ2v) is 10.3. The third-order valence-electron chi connectivity index (χ3n) is 6.17. The van der Waals surface area contributed by atoms with Gasteiger partial charge >= 0.3 is 6.09 Å². The lowest BCUT2D eigenvalue weighted by Crippen LogP contribution is -2.53. The second kappa shape index (κ2) is 9.85. The lowest BCUT2D eigenvalue weighted by molar-refractivity contribution is -0.133. The number of nitrogens with zero attached hydrogens (tertiary/aromatic N) is 5. The van der Waals surface area contributed by atoms with E-state index in [2.05, 4.69) is 26.3 Å². The third kappa shape index (κ3) is 5.49. The molecule has 2 saturated heterocycles. The summed E-state index contributed by atoms with van der Waals surface area (Å²) in [5.74, 6) is -0.767. The zero-order valence-electron chi connectivity index (χ0n) is 21.0. The minimum atomic E-state index is -2.18. The summed E-state index contributed by atoms with van der Waals surface area (Å²) in [6.45, 7) is 8.01. The van der Waals surface area contributed by atoms with Gasteiger partial charge in [0.1, 0.15) is 17.2 Å². The van der Waals surface area contributed by atoms with Crippen molar-refractivity contribution >= 4 is 28.6 Å². The van der Waals surface area contributed by atoms with E-state index in [1.165, 1.54) is 4.90 Å². The molecule has 0 aromatic carbocycles. The number of nitriles is 1. The number of halogens is 1. The summed E-state index contributed by atoms with van der Waals surface area (Å²) in [5, 5.41) is 12.8. The summed E-state index contributed by atoms with van der Waals surface area (Å²) in [5.41, 5.74) is -1.29. The van der Waals surface area contributed by atoms with Gasteiger partial charge in [-0.15, -0.1) is 0 Å². The summed E-state index contributed by atoms with van der Waals surface area (Å²) in [6.07, 6.45) is 1.99. The third-order valence-corrected chi connectivity index (χ3v) is 6.17. The van der Waals surface area contributed by atoms with E-state index < -0.39 is 29.4 Å². The highest BCUT2D eigenvalue weighted by atomic mass is 19.1. The number of carbonyl (C=O) groups is 2. The Bertz CT molecular complexity index is 1200. The molecule has 2 aliphatic heterocycles. The van der Waals surface area contributed by atoms with Crippen LogP contribution in [0, 0.1) is 11.3 Å². The number of ether oxygens (including phenoxy) is 2. The first-order chi connectivity index (χ1) is 17.0. The second-order valence-electron chi connectivity index (χ2n) is 10.3. The van der Waals surface area contributed by atoms with Gasteiger partial charge in [-0.25, -0.2) is 14.2 Å². The molecule has 3 unspecified atom stereocenters. The summed E-state index contributed by atoms with van der Waals surface area (Å²) in [6, 6.07) is 5.76. The number of rotatable bonds is 4. The molecule has 10 nitrogen and oxygen atoms in total. The van der Waals surface area contributed by atoms with E-state index >= 15 is 4.39 Å². The van der Waals surface area contributed by atoms with Crippen molar-refractivity contribution in [2.24, 2.45) is 0 Å². The average Bonchev–Trinajstić information content (AvgIpc) is 3.24. The predicted molar refractivity (Wildman–Crippen MR) is 130 cm³/mol. The number of pyridine rings is 2. The van der Waals surface area contributed by atoms with Gasteiger partial charge in [0.15, 0.2) is 5.69 Å². The van der Waals surface area contributed by atoms with Crippen LogP contribution in [0.25, 0.3) is 10.9 Å². The molecule has 0 saturated carbocycles. The van der Waals surface area contributed by atoms with E-state index in [1.807, 2.05) is 13.0 Å². The number of anilines is 1. The van der Waals surface area contributed by atoms with Crippen molar-refractivity contribution in [1.29, 1.82) is 5.26 Å². The van der Waals surface area contributed by atoms with Crippen LogP contribution < -0.4 is 10.2 Å². The summed E-state index contributed by atoms with van der Waals surface area (Å²) >= 11 is 0. The Hall–Kier alpha value is -3.52. The molecule has 4 heterocycles. The highest BCUT2D eigenvalue weighted by Crippen LogP contribution is 2.30. The number of carbonyl (C=O) groups excluding carboxylic acids is 2. The highest BCUT2D eigenvalue weighted by Gasteiger charge is 2.47. The zero-order chi connectivity index (χ0) is 26.1. The van der Waals surface area contributed by atoms with Gasteiger partial charge in [-0.05, 0) is 39.8 Å². The van der Waals surface area contributed by atoms with Crippen molar-refractivity contribution in [2.45, 2.75) is 57.6 Å². The largest absolute Gasteiger partial charge is 0.444 e. The van der Waals surface area contributed by atoms with Crippen molar-refractivity contribution in [3.8, 4) is 6.07 Å². The van der Waals surface area contributed by atoms with Crippen molar-refractivity contribution in [2.75, 3.05) is 37.6 Å². The predicted octanol–water partition coefficient (Wildman–Crippen LogP) is 2.56. The molecule has 2 amide bonds. The monoisotopic (exact) mass is 498 g/mol. The first-order valence-electron chi connectivity index (χ1n) is 12.0. The Morgan fingerprint density at radius 1 is 1.36 bits per heavy atom. The van der Waals surface area contributed by atoms with Crippen LogP contribution in [0.5, 0.6) is 0 Å². The molecule has 11 heteroatoms. The molecule has 2 aromatic heterocycles. The fraction of sp³-hybridized carbons (Fsp3) is 0.560. The minimum absolute atomic E-state index is 0.0952. The van der Waals surface area contributed by atoms with Crippen LogP contribution in [-0.2, 0) is 14.3 Å². The minimum Gasteiger partial charge on any atom is -0.444 e. The first kappa shape index (κ1) is 25.6. The van der Waals surface area contributed by atoms with Crippen LogP contribution in [0.4, 0.5) is 14.9 Å². The molecule has 2 aromatic rings. The van der Waals surface area contributed by atoms with Gasteiger partial charge in [-0.1, -0.05) is 0 Å². The summed E-state index contributed by atoms with van der Waals surface area (Å²) < 4.78 is 26.7. The Morgan fingerprint density at radius 2 is 2.14 bits per heavy atom. The number of alkyl halides is 1. The zero-order valence-corrected chi connectivity index (χ0v) is 21.0. The van der Waals surface area contributed by atoms with Crippen LogP contribution in [0.1, 0.15) is 39.8 Å². The quantitative estimate of drug-likeness (QED) is 0.683. The van der Waals surface area contributed by atoms with E-state index in [0.29, 0.717) is 18.6 Å². The molecule has 192 valence electrons. The van der Waals surface area contributed by atoms with Crippen molar-refractivity contribution in [3.63, 3.8) is 0 Å². The van der Waals surface area contributed by atoms with Crippen LogP contribution in [0.15, 0.2) is 24.5 Å². The molecular formula is C25H31FN6O4. The highest BCUT2D eigenvalue weighted by molar-refractivity contribution is 5.93. The van der Waals surface area contributed by atoms with E-state index in [9.17, 15) is 14.9 Å². The first-order valence-corrected chi connectivity index (χ1v) is 12.0. The van der Waals surface area contributed by atoms with Gasteiger partial charge in [-0.3, -0.25) is 9.78 Å². The number of hydrogen-bond donors (Lipinski definition) is 1. The maximum Gasteiger partial charge on any atom is 0.410 e. The molecular weight excluding hydrogens is 467 g/mol. The van der Waals surface area contributed by atoms with Gasteiger partial charge in [0.25, 0.3) is 5.91 Å². The Balaban J connectivity index is 1.40. The normalized spacial score (nSPS) is 24.4. The van der Waals surface area contributed by atoms with E-state index in [4.69, 9.17) is 9.47 Å². The van der Waals surface area contributed by atoms with Crippen LogP contribution in [0.2, 0.25) is 0 Å². The average molecular weight is 499 g/mol. The molecule has 0 spiro atoms. The fourth-order valence-electron chi connectivity index (χ4n) is 4.55. The van der Waals surface area contributed by atoms with Gasteiger partial charge in [0.2, 0.25) is 5.67 Å². The molecule has 3 atom stereocenters. The number of amides is 2. The van der Waals surface area contributed by atoms with Crippen LogP contribution in [0.3, 0.4) is 0 Å². The number of aromatic nitrogens is 2. The van der Waals surface area contributed by atoms with Crippen molar-refractivity contribution in [1.82, 2.24) is 20.2 Å². The lowest BCUT2D eigenvalue weighted by Gasteiger charge is -2.38. The lowest BCUT2D eigenvalue weighted by atomic mass is 10.0. The van der Waals surface area contributed by atoms with Gasteiger partial charge < -0.3 is 24.6 Å².